The number of aryl methyl sites for hydroxylation is 1. The first kappa shape index (κ1) is 21.7. The minimum absolute atomic E-state index is 0.0383. The Hall–Kier alpha value is -0.380. The molecular weight excluding hydrogens is 395 g/mol. The largest absolute Gasteiger partial charge is 0.289 e. The quantitative estimate of drug-likeness (QED) is 0.329. The summed E-state index contributed by atoms with van der Waals surface area (Å²) < 4.78 is 26.9. The van der Waals surface area contributed by atoms with Gasteiger partial charge >= 0.3 is 0 Å². The summed E-state index contributed by atoms with van der Waals surface area (Å²) in [7, 11) is -3.54. The van der Waals surface area contributed by atoms with E-state index in [0.717, 1.165) is 19.3 Å². The van der Waals surface area contributed by atoms with Crippen LogP contribution in [-0.4, -0.2) is 42.7 Å². The second-order valence-corrected chi connectivity index (χ2v) is 9.25. The molecule has 10 heteroatoms. The van der Waals surface area contributed by atoms with Crippen LogP contribution < -0.4 is 5.48 Å². The van der Waals surface area contributed by atoms with Crippen LogP contribution in [-0.2, 0) is 21.2 Å². The second-order valence-electron chi connectivity index (χ2n) is 5.31. The van der Waals surface area contributed by atoms with E-state index in [1.165, 1.54) is 21.1 Å². The molecule has 0 atom stereocenters. The Kier molecular flexibility index (Phi) is 9.54. The SMILES string of the molecule is CCCCCN(CCC(=O)NO)S(=O)(=O)CCc1csc(Cl)c1Cl. The summed E-state index contributed by atoms with van der Waals surface area (Å²) in [5.74, 6) is -0.717. The molecule has 1 aromatic heterocycles. The Bertz CT molecular complexity index is 635. The van der Waals surface area contributed by atoms with Crippen molar-refractivity contribution in [2.45, 2.75) is 39.0 Å². The normalized spacial score (nSPS) is 11.9. The fraction of sp³-hybridized carbons (Fsp3) is 0.643. The molecule has 24 heavy (non-hydrogen) atoms. The second kappa shape index (κ2) is 10.6. The van der Waals surface area contributed by atoms with Crippen LogP contribution in [0.3, 0.4) is 0 Å². The first-order valence-electron chi connectivity index (χ1n) is 7.64. The predicted molar refractivity (Wildman–Crippen MR) is 97.5 cm³/mol. The molecule has 1 heterocycles. The lowest BCUT2D eigenvalue weighted by Gasteiger charge is -2.21. The summed E-state index contributed by atoms with van der Waals surface area (Å²) in [6.45, 7) is 2.42. The summed E-state index contributed by atoms with van der Waals surface area (Å²) in [4.78, 5) is 11.2. The van der Waals surface area contributed by atoms with Crippen LogP contribution in [0.5, 0.6) is 0 Å². The van der Waals surface area contributed by atoms with Crippen molar-refractivity contribution in [2.24, 2.45) is 0 Å². The molecule has 0 radical (unpaired) electrons. The van der Waals surface area contributed by atoms with Gasteiger partial charge in [-0.3, -0.25) is 10.0 Å². The molecule has 0 unspecified atom stereocenters. The van der Waals surface area contributed by atoms with Gasteiger partial charge in [0.15, 0.2) is 0 Å². The zero-order valence-electron chi connectivity index (χ0n) is 13.4. The van der Waals surface area contributed by atoms with Gasteiger partial charge in [-0.05, 0) is 23.8 Å². The summed E-state index contributed by atoms with van der Waals surface area (Å²) in [5.41, 5.74) is 2.22. The lowest BCUT2D eigenvalue weighted by molar-refractivity contribution is -0.129. The van der Waals surface area contributed by atoms with E-state index in [1.54, 1.807) is 5.38 Å². The number of hydroxylamine groups is 1. The molecule has 0 bridgehead atoms. The standard InChI is InChI=1S/C14H22Cl2N2O4S2/c1-2-3-4-7-18(8-5-12(19)17-20)24(21,22)9-6-11-10-23-14(16)13(11)15/h10,20H,2-9H2,1H3,(H,17,19). The maximum atomic E-state index is 12.6. The van der Waals surface area contributed by atoms with Crippen LogP contribution in [0, 0.1) is 0 Å². The highest BCUT2D eigenvalue weighted by molar-refractivity contribution is 7.89. The van der Waals surface area contributed by atoms with Gasteiger partial charge in [0, 0.05) is 19.5 Å². The van der Waals surface area contributed by atoms with Crippen molar-refractivity contribution in [1.82, 2.24) is 9.79 Å². The van der Waals surface area contributed by atoms with Gasteiger partial charge in [0.1, 0.15) is 4.34 Å². The van der Waals surface area contributed by atoms with Gasteiger partial charge in [-0.1, -0.05) is 43.0 Å². The van der Waals surface area contributed by atoms with Crippen molar-refractivity contribution in [1.29, 1.82) is 0 Å². The number of hydrogen-bond acceptors (Lipinski definition) is 5. The monoisotopic (exact) mass is 416 g/mol. The zero-order chi connectivity index (χ0) is 18.2. The molecule has 138 valence electrons. The molecule has 0 saturated heterocycles. The van der Waals surface area contributed by atoms with E-state index in [-0.39, 0.29) is 25.1 Å². The summed E-state index contributed by atoms with van der Waals surface area (Å²) in [6, 6.07) is 0. The fourth-order valence-electron chi connectivity index (χ4n) is 2.10. The Balaban J connectivity index is 2.72. The van der Waals surface area contributed by atoms with Crippen LogP contribution in [0.25, 0.3) is 0 Å². The lowest BCUT2D eigenvalue weighted by atomic mass is 10.2. The van der Waals surface area contributed by atoms with Crippen LogP contribution in [0.1, 0.15) is 38.2 Å². The lowest BCUT2D eigenvalue weighted by Crippen LogP contribution is -2.37. The highest BCUT2D eigenvalue weighted by Gasteiger charge is 2.23. The van der Waals surface area contributed by atoms with Crippen molar-refractivity contribution < 1.29 is 18.4 Å². The topological polar surface area (TPSA) is 86.7 Å². The van der Waals surface area contributed by atoms with Gasteiger partial charge in [-0.25, -0.2) is 18.2 Å². The Morgan fingerprint density at radius 2 is 2.04 bits per heavy atom. The van der Waals surface area contributed by atoms with Crippen LogP contribution >= 0.6 is 34.5 Å². The number of halogens is 2. The predicted octanol–water partition coefficient (Wildman–Crippen LogP) is 3.31. The van der Waals surface area contributed by atoms with Crippen LogP contribution in [0.15, 0.2) is 5.38 Å². The summed E-state index contributed by atoms with van der Waals surface area (Å²) in [5, 5.41) is 10.7. The average Bonchev–Trinajstić information content (AvgIpc) is 2.87. The number of thiophene rings is 1. The van der Waals surface area contributed by atoms with E-state index < -0.39 is 15.9 Å². The number of rotatable bonds is 11. The number of amides is 1. The van der Waals surface area contributed by atoms with E-state index in [1.807, 2.05) is 6.92 Å². The van der Waals surface area contributed by atoms with Crippen molar-refractivity contribution in [3.63, 3.8) is 0 Å². The van der Waals surface area contributed by atoms with Gasteiger partial charge in [0.25, 0.3) is 0 Å². The van der Waals surface area contributed by atoms with Crippen molar-refractivity contribution in [3.05, 3.63) is 20.3 Å². The number of sulfonamides is 1. The fourth-order valence-corrected chi connectivity index (χ4v) is 4.93. The minimum Gasteiger partial charge on any atom is -0.289 e. The van der Waals surface area contributed by atoms with Crippen LogP contribution in [0.4, 0.5) is 0 Å². The van der Waals surface area contributed by atoms with Gasteiger partial charge in [-0.2, -0.15) is 0 Å². The van der Waals surface area contributed by atoms with Crippen molar-refractivity contribution in [3.8, 4) is 0 Å². The third kappa shape index (κ3) is 6.85. The third-order valence-electron chi connectivity index (χ3n) is 3.51. The van der Waals surface area contributed by atoms with E-state index in [4.69, 9.17) is 28.4 Å². The van der Waals surface area contributed by atoms with Gasteiger partial charge in [0.2, 0.25) is 15.9 Å². The molecule has 0 aromatic carbocycles. The molecule has 0 spiro atoms. The number of carbonyl (C=O) groups excluding carboxylic acids is 1. The maximum Gasteiger partial charge on any atom is 0.244 e. The molecule has 1 aromatic rings. The number of carbonyl (C=O) groups is 1. The van der Waals surface area contributed by atoms with Crippen molar-refractivity contribution >= 4 is 50.5 Å². The number of unbranched alkanes of at least 4 members (excludes halogenated alkanes) is 2. The maximum absolute atomic E-state index is 12.6. The number of nitrogens with zero attached hydrogens (tertiary/aromatic N) is 1. The molecule has 0 fully saturated rings. The van der Waals surface area contributed by atoms with E-state index in [0.29, 0.717) is 21.5 Å². The number of nitrogens with one attached hydrogen (secondary N) is 1. The molecule has 1 amide bonds. The molecule has 0 saturated carbocycles. The Morgan fingerprint density at radius 1 is 1.33 bits per heavy atom. The van der Waals surface area contributed by atoms with Gasteiger partial charge in [-0.15, -0.1) is 11.3 Å². The molecule has 2 N–H and O–H groups in total. The molecule has 0 aliphatic heterocycles. The first-order chi connectivity index (χ1) is 11.3. The molecule has 0 aliphatic rings. The highest BCUT2D eigenvalue weighted by Crippen LogP contribution is 2.32. The zero-order valence-corrected chi connectivity index (χ0v) is 16.6. The molecule has 0 aliphatic carbocycles. The van der Waals surface area contributed by atoms with Gasteiger partial charge < -0.3 is 0 Å². The van der Waals surface area contributed by atoms with E-state index in [9.17, 15) is 13.2 Å². The number of hydrogen-bond donors (Lipinski definition) is 2. The average molecular weight is 417 g/mol. The minimum atomic E-state index is -3.54. The molecule has 6 nitrogen and oxygen atoms in total. The first-order valence-corrected chi connectivity index (χ1v) is 10.9. The van der Waals surface area contributed by atoms with Crippen molar-refractivity contribution in [2.75, 3.05) is 18.8 Å². The van der Waals surface area contributed by atoms with Crippen LogP contribution in [0.2, 0.25) is 9.36 Å². The van der Waals surface area contributed by atoms with E-state index in [2.05, 4.69) is 0 Å². The Morgan fingerprint density at radius 3 is 2.58 bits per heavy atom. The molecule has 1 rings (SSSR count). The third-order valence-corrected chi connectivity index (χ3v) is 7.29. The summed E-state index contributed by atoms with van der Waals surface area (Å²) >= 11 is 13.2. The molecular formula is C14H22Cl2N2O4S2. The summed E-state index contributed by atoms with van der Waals surface area (Å²) in [6.07, 6.45) is 2.77. The Labute approximate surface area is 156 Å². The highest BCUT2D eigenvalue weighted by atomic mass is 35.5. The smallest absolute Gasteiger partial charge is 0.244 e. The van der Waals surface area contributed by atoms with E-state index >= 15 is 0 Å². The van der Waals surface area contributed by atoms with Gasteiger partial charge in [0.05, 0.1) is 10.8 Å².